The molecule has 0 radical (unpaired) electrons. The van der Waals surface area contributed by atoms with E-state index in [9.17, 15) is 4.79 Å². The Morgan fingerprint density at radius 1 is 0.970 bits per heavy atom. The van der Waals surface area contributed by atoms with Gasteiger partial charge in [0.1, 0.15) is 5.75 Å². The van der Waals surface area contributed by atoms with Gasteiger partial charge in [-0.2, -0.15) is 0 Å². The molecule has 5 rings (SSSR count). The van der Waals surface area contributed by atoms with Crippen molar-refractivity contribution < 1.29 is 14.3 Å². The van der Waals surface area contributed by atoms with Crippen molar-refractivity contribution in [3.8, 4) is 5.75 Å². The average molecular weight is 450 g/mol. The zero-order chi connectivity index (χ0) is 23.2. The molecule has 4 heteroatoms. The second-order valence-electron chi connectivity index (χ2n) is 11.6. The first kappa shape index (κ1) is 22.7. The maximum Gasteiger partial charge on any atom is 0.309 e. The van der Waals surface area contributed by atoms with E-state index in [0.29, 0.717) is 30.0 Å². The van der Waals surface area contributed by atoms with Crippen LogP contribution in [0.4, 0.5) is 0 Å². The monoisotopic (exact) mass is 449 g/mol. The molecule has 3 aliphatic rings. The largest absolute Gasteiger partial charge is 0.490 e. The molecule has 2 aliphatic carbocycles. The number of piperidine rings is 1. The molecule has 4 nitrogen and oxygen atoms in total. The van der Waals surface area contributed by atoms with Gasteiger partial charge in [-0.1, -0.05) is 39.0 Å². The Bertz CT molecular complexity index is 990. The van der Waals surface area contributed by atoms with Gasteiger partial charge in [-0.15, -0.1) is 0 Å². The fourth-order valence-electron chi connectivity index (χ4n) is 6.27. The number of rotatable bonds is 6. The highest BCUT2D eigenvalue weighted by atomic mass is 16.5. The van der Waals surface area contributed by atoms with E-state index in [1.807, 2.05) is 6.92 Å². The average Bonchev–Trinajstić information content (AvgIpc) is 3.29. The Kier molecular flexibility index (Phi) is 6.15. The van der Waals surface area contributed by atoms with Gasteiger partial charge in [0.2, 0.25) is 0 Å². The van der Waals surface area contributed by atoms with Crippen molar-refractivity contribution in [2.45, 2.75) is 66.0 Å². The molecule has 0 spiro atoms. The molecular formula is C29H39NO3. The predicted octanol–water partition coefficient (Wildman–Crippen LogP) is 6.06. The van der Waals surface area contributed by atoms with Crippen molar-refractivity contribution in [2.24, 2.45) is 29.1 Å². The maximum atomic E-state index is 12.0. The second-order valence-corrected chi connectivity index (χ2v) is 11.6. The molecule has 1 aliphatic heterocycles. The van der Waals surface area contributed by atoms with Gasteiger partial charge in [0.05, 0.1) is 18.6 Å². The van der Waals surface area contributed by atoms with Crippen molar-refractivity contribution in [3.05, 3.63) is 42.0 Å². The van der Waals surface area contributed by atoms with Crippen molar-refractivity contribution >= 4 is 16.7 Å². The standard InChI is InChI=1S/C29H39NO3/c1-5-32-28(31)27-25-17-30(18-26(25)27)16-19-6-7-21-15-24(11-8-20(21)14-19)33-23-12-9-22(10-13-23)29(2,3)4/h6-8,11,14-15,22-23,25-27H,5,9-10,12-13,16-18H2,1-4H3/t22-,23-,25?,26?,27?. The van der Waals surface area contributed by atoms with E-state index in [1.54, 1.807) is 0 Å². The van der Waals surface area contributed by atoms with E-state index in [0.717, 1.165) is 44.1 Å². The second kappa shape index (κ2) is 8.94. The number of esters is 1. The first-order chi connectivity index (χ1) is 15.8. The normalized spacial score (nSPS) is 29.6. The summed E-state index contributed by atoms with van der Waals surface area (Å²) in [6, 6.07) is 13.3. The lowest BCUT2D eigenvalue weighted by Crippen LogP contribution is -2.30. The molecule has 33 heavy (non-hydrogen) atoms. The van der Waals surface area contributed by atoms with Crippen molar-refractivity contribution in [2.75, 3.05) is 19.7 Å². The van der Waals surface area contributed by atoms with Crippen LogP contribution in [-0.2, 0) is 16.1 Å². The lowest BCUT2D eigenvalue weighted by atomic mass is 9.72. The zero-order valence-electron chi connectivity index (χ0n) is 20.7. The molecule has 2 aromatic rings. The third-order valence-electron chi connectivity index (χ3n) is 8.31. The minimum atomic E-state index is 0.0122. The first-order valence-corrected chi connectivity index (χ1v) is 12.9. The van der Waals surface area contributed by atoms with Crippen LogP contribution in [0.3, 0.4) is 0 Å². The summed E-state index contributed by atoms with van der Waals surface area (Å²) in [7, 11) is 0. The molecule has 2 unspecified atom stereocenters. The van der Waals surface area contributed by atoms with Gasteiger partial charge in [-0.25, -0.2) is 0 Å². The topological polar surface area (TPSA) is 38.8 Å². The van der Waals surface area contributed by atoms with E-state index in [2.05, 4.69) is 62.1 Å². The highest BCUT2D eigenvalue weighted by Gasteiger charge is 2.60. The molecule has 178 valence electrons. The minimum absolute atomic E-state index is 0.0122. The van der Waals surface area contributed by atoms with Gasteiger partial charge in [-0.05, 0) is 90.3 Å². The molecular weight excluding hydrogens is 410 g/mol. The van der Waals surface area contributed by atoms with Gasteiger partial charge in [0.25, 0.3) is 0 Å². The molecule has 2 atom stereocenters. The van der Waals surface area contributed by atoms with Gasteiger partial charge < -0.3 is 9.47 Å². The number of hydrogen-bond acceptors (Lipinski definition) is 4. The minimum Gasteiger partial charge on any atom is -0.490 e. The van der Waals surface area contributed by atoms with Crippen molar-refractivity contribution in [1.29, 1.82) is 0 Å². The smallest absolute Gasteiger partial charge is 0.309 e. The lowest BCUT2D eigenvalue weighted by molar-refractivity contribution is -0.145. The number of carbonyl (C=O) groups is 1. The molecule has 0 N–H and O–H groups in total. The van der Waals surface area contributed by atoms with Crippen LogP contribution >= 0.6 is 0 Å². The number of carbonyl (C=O) groups excluding carboxylic acids is 1. The Balaban J connectivity index is 1.15. The maximum absolute atomic E-state index is 12.0. The molecule has 0 aromatic heterocycles. The molecule has 0 amide bonds. The third kappa shape index (κ3) is 4.91. The van der Waals surface area contributed by atoms with E-state index in [1.165, 1.54) is 29.2 Å². The summed E-state index contributed by atoms with van der Waals surface area (Å²) >= 11 is 0. The van der Waals surface area contributed by atoms with Crippen LogP contribution in [0.2, 0.25) is 0 Å². The van der Waals surface area contributed by atoms with Gasteiger partial charge >= 0.3 is 5.97 Å². The van der Waals surface area contributed by atoms with Crippen LogP contribution in [0.5, 0.6) is 5.75 Å². The predicted molar refractivity (Wildman–Crippen MR) is 132 cm³/mol. The molecule has 2 saturated carbocycles. The fourth-order valence-corrected chi connectivity index (χ4v) is 6.27. The van der Waals surface area contributed by atoms with Crippen LogP contribution in [0.1, 0.15) is 58.9 Å². The summed E-state index contributed by atoms with van der Waals surface area (Å²) in [5, 5.41) is 2.51. The molecule has 1 saturated heterocycles. The number of nitrogens with zero attached hydrogens (tertiary/aromatic N) is 1. The summed E-state index contributed by atoms with van der Waals surface area (Å²) in [6.07, 6.45) is 5.20. The summed E-state index contributed by atoms with van der Waals surface area (Å²) in [6.45, 7) is 12.4. The Morgan fingerprint density at radius 3 is 2.30 bits per heavy atom. The fraction of sp³-hybridized carbons (Fsp3) is 0.621. The Morgan fingerprint density at radius 2 is 1.64 bits per heavy atom. The van der Waals surface area contributed by atoms with Crippen LogP contribution in [0.25, 0.3) is 10.8 Å². The van der Waals surface area contributed by atoms with E-state index in [4.69, 9.17) is 9.47 Å². The SMILES string of the molecule is CCOC(=O)C1C2CN(Cc3ccc4cc(O[C@H]5CC[C@H](C(C)(C)C)CC5)ccc4c3)CC21. The first-order valence-electron chi connectivity index (χ1n) is 12.9. The van der Waals surface area contributed by atoms with E-state index in [-0.39, 0.29) is 11.9 Å². The van der Waals surface area contributed by atoms with Crippen LogP contribution in [0, 0.1) is 29.1 Å². The summed E-state index contributed by atoms with van der Waals surface area (Å²) < 4.78 is 11.6. The van der Waals surface area contributed by atoms with Crippen LogP contribution < -0.4 is 4.74 Å². The summed E-state index contributed by atoms with van der Waals surface area (Å²) in [4.78, 5) is 14.5. The number of hydrogen-bond donors (Lipinski definition) is 0. The molecule has 0 bridgehead atoms. The Labute approximate surface area is 198 Å². The van der Waals surface area contributed by atoms with E-state index < -0.39 is 0 Å². The van der Waals surface area contributed by atoms with Crippen LogP contribution in [0.15, 0.2) is 36.4 Å². The third-order valence-corrected chi connectivity index (χ3v) is 8.31. The highest BCUT2D eigenvalue weighted by Crippen LogP contribution is 2.52. The van der Waals surface area contributed by atoms with Gasteiger partial charge in [0.15, 0.2) is 0 Å². The van der Waals surface area contributed by atoms with Gasteiger partial charge in [0, 0.05) is 19.6 Å². The summed E-state index contributed by atoms with van der Waals surface area (Å²) in [5.74, 6) is 2.98. The molecule has 3 fully saturated rings. The summed E-state index contributed by atoms with van der Waals surface area (Å²) in [5.41, 5.74) is 1.75. The van der Waals surface area contributed by atoms with Crippen molar-refractivity contribution in [3.63, 3.8) is 0 Å². The van der Waals surface area contributed by atoms with Crippen LogP contribution in [-0.4, -0.2) is 36.7 Å². The zero-order valence-corrected chi connectivity index (χ0v) is 20.7. The van der Waals surface area contributed by atoms with Crippen molar-refractivity contribution in [1.82, 2.24) is 4.90 Å². The molecule has 2 aromatic carbocycles. The lowest BCUT2D eigenvalue weighted by Gasteiger charge is -2.37. The molecule has 1 heterocycles. The highest BCUT2D eigenvalue weighted by molar-refractivity contribution is 5.84. The number of likely N-dealkylation sites (tertiary alicyclic amines) is 1. The number of ether oxygens (including phenoxy) is 2. The quantitative estimate of drug-likeness (QED) is 0.502. The van der Waals surface area contributed by atoms with E-state index >= 15 is 0 Å². The Hall–Kier alpha value is -2.07. The van der Waals surface area contributed by atoms with Gasteiger partial charge in [-0.3, -0.25) is 9.69 Å². The number of fused-ring (bicyclic) bond motifs is 2. The number of benzene rings is 2.